The van der Waals surface area contributed by atoms with Crippen LogP contribution >= 0.6 is 24.4 Å². The summed E-state index contributed by atoms with van der Waals surface area (Å²) >= 11 is 19.3. The van der Waals surface area contributed by atoms with E-state index in [-0.39, 0.29) is 28.1 Å². The van der Waals surface area contributed by atoms with Crippen molar-refractivity contribution >= 4 is 58.3 Å². The van der Waals surface area contributed by atoms with Gasteiger partial charge in [0.15, 0.2) is 0 Å². The summed E-state index contributed by atoms with van der Waals surface area (Å²) in [5.41, 5.74) is 0.00169. The summed E-state index contributed by atoms with van der Waals surface area (Å²) in [4.78, 5) is 0. The van der Waals surface area contributed by atoms with Crippen LogP contribution in [-0.4, -0.2) is 20.2 Å². The van der Waals surface area contributed by atoms with E-state index in [1.54, 1.807) is 0 Å². The maximum absolute atomic E-state index is 4.83. The summed E-state index contributed by atoms with van der Waals surface area (Å²) in [6, 6.07) is 0.193. The molecule has 1 rings (SSSR count). The van der Waals surface area contributed by atoms with Crippen molar-refractivity contribution in [3.05, 3.63) is 0 Å². The first-order chi connectivity index (χ1) is 5.96. The Bertz CT molecular complexity index is 242. The average molecular weight is 309 g/mol. The monoisotopic (exact) mass is 308 g/mol. The first-order valence-corrected chi connectivity index (χ1v) is 5.56. The molecule has 7 heteroatoms. The van der Waals surface area contributed by atoms with Crippen LogP contribution < -0.4 is 10.6 Å². The molecule has 1 saturated carbocycles. The van der Waals surface area contributed by atoms with E-state index in [0.717, 1.165) is 12.8 Å². The molecule has 0 spiro atoms. The minimum atomic E-state index is 0. The second-order valence-corrected chi connectivity index (χ2v) is 5.37. The maximum atomic E-state index is 4.83. The van der Waals surface area contributed by atoms with Crippen LogP contribution in [0.4, 0.5) is 0 Å². The van der Waals surface area contributed by atoms with E-state index in [9.17, 15) is 0 Å². The van der Waals surface area contributed by atoms with Gasteiger partial charge in [-0.15, -0.1) is 0 Å². The van der Waals surface area contributed by atoms with Gasteiger partial charge in [0.05, 0.1) is 5.54 Å². The van der Waals surface area contributed by atoms with Gasteiger partial charge < -0.3 is 60.3 Å². The van der Waals surface area contributed by atoms with Crippen molar-refractivity contribution in [2.45, 2.75) is 31.3 Å². The van der Waals surface area contributed by atoms with Crippen molar-refractivity contribution in [3.8, 4) is 0 Å². The second kappa shape index (κ2) is 5.70. The van der Waals surface area contributed by atoms with Crippen LogP contribution in [-0.2, 0) is 41.7 Å². The molecule has 0 heterocycles. The Hall–Kier alpha value is 0.714. The zero-order valence-corrected chi connectivity index (χ0v) is 11.7. The Labute approximate surface area is 116 Å². The molecule has 1 unspecified atom stereocenters. The van der Waals surface area contributed by atoms with Gasteiger partial charge in [0.1, 0.15) is 0 Å². The fraction of sp³-hybridized carbons (Fsp3) is 0.714. The molecule has 2 N–H and O–H groups in total. The topological polar surface area (TPSA) is 24.1 Å². The molecule has 0 saturated heterocycles. The zero-order chi connectivity index (χ0) is 10.1. The van der Waals surface area contributed by atoms with E-state index in [1.165, 1.54) is 0 Å². The van der Waals surface area contributed by atoms with Crippen LogP contribution in [0, 0.1) is 0 Å². The van der Waals surface area contributed by atoms with Crippen molar-refractivity contribution in [2.75, 3.05) is 0 Å². The Balaban J connectivity index is 0.00000169. The van der Waals surface area contributed by atoms with E-state index in [0.29, 0.717) is 8.64 Å². The molecule has 0 aromatic rings. The molecule has 2 nitrogen and oxygen atoms in total. The molecule has 0 aromatic carbocycles. The summed E-state index contributed by atoms with van der Waals surface area (Å²) in [5.74, 6) is 0. The summed E-state index contributed by atoms with van der Waals surface area (Å²) in [7, 11) is 0. The number of nitrogens with one attached hydrogen (secondary N) is 2. The first kappa shape index (κ1) is 14.7. The van der Waals surface area contributed by atoms with E-state index in [1.807, 2.05) is 6.92 Å². The first-order valence-electron chi connectivity index (χ1n) is 3.93. The maximum Gasteiger partial charge on any atom is 2.00 e. The third kappa shape index (κ3) is 4.07. The molecule has 0 bridgehead atoms. The van der Waals surface area contributed by atoms with Gasteiger partial charge in [-0.05, 0) is 19.8 Å². The van der Waals surface area contributed by atoms with Gasteiger partial charge in [-0.2, -0.15) is 0 Å². The fourth-order valence-electron chi connectivity index (χ4n) is 1.32. The van der Waals surface area contributed by atoms with Crippen molar-refractivity contribution in [3.63, 3.8) is 0 Å². The van der Waals surface area contributed by atoms with Gasteiger partial charge in [0.2, 0.25) is 0 Å². The molecule has 0 aromatic heterocycles. The quantitative estimate of drug-likeness (QED) is 0.453. The van der Waals surface area contributed by atoms with Gasteiger partial charge in [-0.25, -0.2) is 0 Å². The molecular weight excluding hydrogens is 299 g/mol. The zero-order valence-electron chi connectivity index (χ0n) is 7.44. The van der Waals surface area contributed by atoms with Gasteiger partial charge in [0, 0.05) is 6.04 Å². The van der Waals surface area contributed by atoms with Crippen molar-refractivity contribution in [1.82, 2.24) is 10.6 Å². The van der Waals surface area contributed by atoms with E-state index >= 15 is 0 Å². The molecule has 0 aliphatic heterocycles. The predicted molar refractivity (Wildman–Crippen MR) is 67.6 cm³/mol. The summed E-state index contributed by atoms with van der Waals surface area (Å²) in [6.07, 6.45) is 2.13. The van der Waals surface area contributed by atoms with Gasteiger partial charge >= 0.3 is 16.5 Å². The van der Waals surface area contributed by atoms with Crippen molar-refractivity contribution in [2.24, 2.45) is 0 Å². The standard InChI is InChI=1S/C7H12N2S4.Ni/c1-4(8-5(10)11)7(2-3-7)9-6(12)13;/h4H,2-3H2,1H3,(H2,8,10,11)(H2,9,12,13);/q;+2/p-2. The van der Waals surface area contributed by atoms with Crippen LogP contribution in [0.2, 0.25) is 0 Å². The fourth-order valence-corrected chi connectivity index (χ4v) is 2.08. The van der Waals surface area contributed by atoms with Crippen LogP contribution in [0.1, 0.15) is 19.8 Å². The number of thiocarbonyl (C=S) groups is 2. The van der Waals surface area contributed by atoms with Crippen molar-refractivity contribution in [1.29, 1.82) is 0 Å². The molecule has 1 aliphatic rings. The molecule has 1 fully saturated rings. The number of hydrogen-bond acceptors (Lipinski definition) is 4. The molecule has 0 radical (unpaired) electrons. The number of hydrogen-bond donors (Lipinski definition) is 2. The Morgan fingerprint density at radius 1 is 1.29 bits per heavy atom. The molecular formula is C7H10N2NiS4. The SMILES string of the molecule is CC(NC(=S)[S-])C1(NC(=S)[S-])CC1.[Ni+2]. The normalized spacial score (nSPS) is 18.6. The van der Waals surface area contributed by atoms with Crippen LogP contribution in [0.25, 0.3) is 0 Å². The van der Waals surface area contributed by atoms with Gasteiger partial charge in [0.25, 0.3) is 0 Å². The summed E-state index contributed by atoms with van der Waals surface area (Å²) in [6.45, 7) is 2.03. The van der Waals surface area contributed by atoms with Crippen molar-refractivity contribution < 1.29 is 16.5 Å². The second-order valence-electron chi connectivity index (χ2n) is 3.22. The average Bonchev–Trinajstić information content (AvgIpc) is 2.66. The van der Waals surface area contributed by atoms with E-state index in [2.05, 4.69) is 10.6 Å². The van der Waals surface area contributed by atoms with Gasteiger partial charge in [-0.1, -0.05) is 8.64 Å². The minimum absolute atomic E-state index is 0. The Morgan fingerprint density at radius 2 is 1.79 bits per heavy atom. The van der Waals surface area contributed by atoms with Crippen LogP contribution in [0.3, 0.4) is 0 Å². The third-order valence-corrected chi connectivity index (χ3v) is 2.74. The molecule has 1 aliphatic carbocycles. The Morgan fingerprint density at radius 3 is 2.07 bits per heavy atom. The largest absolute Gasteiger partial charge is 2.00 e. The minimum Gasteiger partial charge on any atom is -0.412 e. The van der Waals surface area contributed by atoms with E-state index < -0.39 is 0 Å². The molecule has 0 amide bonds. The number of rotatable bonds is 3. The molecule has 14 heavy (non-hydrogen) atoms. The van der Waals surface area contributed by atoms with Gasteiger partial charge in [-0.3, -0.25) is 0 Å². The van der Waals surface area contributed by atoms with Crippen LogP contribution in [0.5, 0.6) is 0 Å². The Kier molecular flexibility index (Phi) is 5.99. The smallest absolute Gasteiger partial charge is 0.412 e. The molecule has 1 atom stereocenters. The van der Waals surface area contributed by atoms with Crippen LogP contribution in [0.15, 0.2) is 0 Å². The van der Waals surface area contributed by atoms with E-state index in [4.69, 9.17) is 49.7 Å². The molecule has 82 valence electrons. The predicted octanol–water partition coefficient (Wildman–Crippen LogP) is 0.748. The summed E-state index contributed by atoms with van der Waals surface area (Å²) in [5, 5.41) is 6.14. The summed E-state index contributed by atoms with van der Waals surface area (Å²) < 4.78 is 0.817. The third-order valence-electron chi connectivity index (χ3n) is 2.30.